The van der Waals surface area contributed by atoms with Gasteiger partial charge in [-0.25, -0.2) is 0 Å². The molecule has 1 aromatic carbocycles. The smallest absolute Gasteiger partial charge is 0.269 e. The van der Waals surface area contributed by atoms with Gasteiger partial charge < -0.3 is 5.32 Å². The fourth-order valence-corrected chi connectivity index (χ4v) is 1.82. The van der Waals surface area contributed by atoms with Gasteiger partial charge in [-0.05, 0) is 30.7 Å². The summed E-state index contributed by atoms with van der Waals surface area (Å²) in [7, 11) is 0. The average molecular weight is 261 g/mol. The van der Waals surface area contributed by atoms with Crippen LogP contribution in [0.25, 0.3) is 0 Å². The van der Waals surface area contributed by atoms with Crippen LogP contribution >= 0.6 is 0 Å². The molecule has 0 fully saturated rings. The third kappa shape index (κ3) is 6.04. The minimum absolute atomic E-state index is 0.00134. The van der Waals surface area contributed by atoms with Crippen LogP contribution in [-0.2, 0) is 4.79 Å². The van der Waals surface area contributed by atoms with Crippen molar-refractivity contribution in [2.75, 3.05) is 5.32 Å². The zero-order valence-electron chi connectivity index (χ0n) is 11.4. The van der Waals surface area contributed by atoms with E-state index in [1.807, 2.05) is 0 Å². The summed E-state index contributed by atoms with van der Waals surface area (Å²) in [4.78, 5) is 22.4. The maximum Gasteiger partial charge on any atom is 0.269 e. The summed E-state index contributed by atoms with van der Waals surface area (Å²) >= 11 is 0. The monoisotopic (exact) mass is 261 g/mol. The third-order valence-corrected chi connectivity index (χ3v) is 2.94. The lowest BCUT2D eigenvalue weighted by Crippen LogP contribution is -2.11. The van der Waals surface area contributed by atoms with Crippen LogP contribution in [0.4, 0.5) is 5.69 Å². The minimum Gasteiger partial charge on any atom is -0.326 e. The standard InChI is InChI=1S/C15H21N2O2/c1-2-3-4-5-6-7-14(18)17-13-10-8-12(9-11-13)15(16)19/h8-11,16H,2-7H2,1H3,(H,17,18). The molecule has 0 bridgehead atoms. The van der Waals surface area contributed by atoms with Crippen LogP contribution in [0.1, 0.15) is 55.8 Å². The molecule has 1 aromatic rings. The molecule has 0 saturated heterocycles. The van der Waals surface area contributed by atoms with E-state index in [0.29, 0.717) is 17.7 Å². The molecular weight excluding hydrogens is 240 g/mol. The summed E-state index contributed by atoms with van der Waals surface area (Å²) in [5, 5.41) is 2.79. The van der Waals surface area contributed by atoms with Gasteiger partial charge in [0.2, 0.25) is 5.91 Å². The molecule has 0 aliphatic carbocycles. The molecule has 0 unspecified atom stereocenters. The number of benzene rings is 1. The van der Waals surface area contributed by atoms with Gasteiger partial charge in [-0.1, -0.05) is 32.6 Å². The van der Waals surface area contributed by atoms with Gasteiger partial charge in [0.15, 0.2) is 0 Å². The first kappa shape index (κ1) is 15.2. The second kappa shape index (κ2) is 8.29. The van der Waals surface area contributed by atoms with Crippen molar-refractivity contribution in [1.82, 2.24) is 5.73 Å². The molecule has 19 heavy (non-hydrogen) atoms. The highest BCUT2D eigenvalue weighted by atomic mass is 16.1. The second-order valence-electron chi connectivity index (χ2n) is 4.62. The number of hydrogen-bond acceptors (Lipinski definition) is 2. The number of rotatable bonds is 8. The second-order valence-corrected chi connectivity index (χ2v) is 4.62. The molecule has 0 atom stereocenters. The first-order chi connectivity index (χ1) is 9.13. The van der Waals surface area contributed by atoms with E-state index in [4.69, 9.17) is 5.73 Å². The molecule has 0 saturated carbocycles. The number of amides is 2. The number of nitrogens with one attached hydrogen (secondary N) is 2. The number of hydrogen-bond donors (Lipinski definition) is 1. The fraction of sp³-hybridized carbons (Fsp3) is 0.467. The quantitative estimate of drug-likeness (QED) is 0.728. The van der Waals surface area contributed by atoms with Crippen molar-refractivity contribution < 1.29 is 9.59 Å². The van der Waals surface area contributed by atoms with Gasteiger partial charge in [0, 0.05) is 17.7 Å². The summed E-state index contributed by atoms with van der Waals surface area (Å²) < 4.78 is 0. The van der Waals surface area contributed by atoms with Crippen molar-refractivity contribution >= 4 is 17.5 Å². The van der Waals surface area contributed by atoms with Crippen molar-refractivity contribution in [2.24, 2.45) is 0 Å². The number of carbonyl (C=O) groups excluding carboxylic acids is 2. The van der Waals surface area contributed by atoms with Crippen LogP contribution in [0.3, 0.4) is 0 Å². The Morgan fingerprint density at radius 1 is 1.05 bits per heavy atom. The van der Waals surface area contributed by atoms with Gasteiger partial charge in [-0.2, -0.15) is 0 Å². The van der Waals surface area contributed by atoms with Crippen LogP contribution < -0.4 is 11.1 Å². The van der Waals surface area contributed by atoms with Crippen LogP contribution in [0.2, 0.25) is 0 Å². The molecule has 2 N–H and O–H groups in total. The van der Waals surface area contributed by atoms with E-state index in [1.165, 1.54) is 19.3 Å². The van der Waals surface area contributed by atoms with Crippen molar-refractivity contribution in [3.8, 4) is 0 Å². The lowest BCUT2D eigenvalue weighted by molar-refractivity contribution is -0.116. The number of carbonyl (C=O) groups is 2. The Labute approximate surface area is 114 Å². The Kier molecular flexibility index (Phi) is 6.64. The van der Waals surface area contributed by atoms with Gasteiger partial charge in [-0.15, -0.1) is 0 Å². The summed E-state index contributed by atoms with van der Waals surface area (Å²) in [6.07, 6.45) is 6.15. The number of anilines is 1. The van der Waals surface area contributed by atoms with E-state index in [0.717, 1.165) is 12.8 Å². The van der Waals surface area contributed by atoms with Crippen LogP contribution in [0.15, 0.2) is 24.3 Å². The predicted octanol–water partition coefficient (Wildman–Crippen LogP) is 3.41. The Balaban J connectivity index is 2.30. The lowest BCUT2D eigenvalue weighted by Gasteiger charge is -2.05. The largest absolute Gasteiger partial charge is 0.326 e. The average Bonchev–Trinajstić information content (AvgIpc) is 2.39. The Hall–Kier alpha value is -1.84. The molecule has 0 aliphatic rings. The molecule has 1 rings (SSSR count). The molecule has 0 aromatic heterocycles. The van der Waals surface area contributed by atoms with E-state index < -0.39 is 5.91 Å². The molecule has 0 spiro atoms. The Morgan fingerprint density at radius 3 is 2.26 bits per heavy atom. The van der Waals surface area contributed by atoms with Crippen molar-refractivity contribution in [2.45, 2.75) is 45.4 Å². The lowest BCUT2D eigenvalue weighted by atomic mass is 10.1. The normalized spacial score (nSPS) is 10.2. The van der Waals surface area contributed by atoms with Crippen LogP contribution in [0.5, 0.6) is 0 Å². The highest BCUT2D eigenvalue weighted by molar-refractivity contribution is 5.94. The zero-order valence-corrected chi connectivity index (χ0v) is 11.4. The summed E-state index contributed by atoms with van der Waals surface area (Å²) in [6.45, 7) is 2.16. The molecule has 2 amide bonds. The summed E-state index contributed by atoms with van der Waals surface area (Å²) in [6, 6.07) is 6.39. The first-order valence-corrected chi connectivity index (χ1v) is 6.79. The minimum atomic E-state index is -0.714. The molecule has 0 heterocycles. The number of unbranched alkanes of at least 4 members (excludes halogenated alkanes) is 4. The van der Waals surface area contributed by atoms with Crippen molar-refractivity contribution in [1.29, 1.82) is 0 Å². The molecule has 1 radical (unpaired) electrons. The third-order valence-electron chi connectivity index (χ3n) is 2.94. The zero-order chi connectivity index (χ0) is 14.1. The van der Waals surface area contributed by atoms with Crippen LogP contribution in [-0.4, -0.2) is 11.8 Å². The van der Waals surface area contributed by atoms with Gasteiger partial charge >= 0.3 is 0 Å². The fourth-order valence-electron chi connectivity index (χ4n) is 1.82. The highest BCUT2D eigenvalue weighted by Gasteiger charge is 2.04. The highest BCUT2D eigenvalue weighted by Crippen LogP contribution is 2.11. The summed E-state index contributed by atoms with van der Waals surface area (Å²) in [5.74, 6) is -0.713. The van der Waals surface area contributed by atoms with Crippen LogP contribution in [0, 0.1) is 0 Å². The van der Waals surface area contributed by atoms with Gasteiger partial charge in [-0.3, -0.25) is 15.3 Å². The topological polar surface area (TPSA) is 70.0 Å². The molecule has 4 nitrogen and oxygen atoms in total. The molecular formula is C15H21N2O2. The van der Waals surface area contributed by atoms with E-state index in [-0.39, 0.29) is 5.91 Å². The van der Waals surface area contributed by atoms with Gasteiger partial charge in [0.05, 0.1) is 0 Å². The van der Waals surface area contributed by atoms with E-state index in [1.54, 1.807) is 24.3 Å². The maximum atomic E-state index is 11.6. The SMILES string of the molecule is CCCCCCCC(=O)Nc1ccc(C([NH])=O)cc1. The Morgan fingerprint density at radius 2 is 1.68 bits per heavy atom. The predicted molar refractivity (Wildman–Crippen MR) is 75.9 cm³/mol. The molecule has 103 valence electrons. The van der Waals surface area contributed by atoms with Gasteiger partial charge in [0.1, 0.15) is 0 Å². The molecule has 0 aliphatic heterocycles. The first-order valence-electron chi connectivity index (χ1n) is 6.79. The maximum absolute atomic E-state index is 11.6. The van der Waals surface area contributed by atoms with Crippen molar-refractivity contribution in [3.05, 3.63) is 29.8 Å². The van der Waals surface area contributed by atoms with Crippen molar-refractivity contribution in [3.63, 3.8) is 0 Å². The van der Waals surface area contributed by atoms with E-state index in [9.17, 15) is 9.59 Å². The van der Waals surface area contributed by atoms with Gasteiger partial charge in [0.25, 0.3) is 5.91 Å². The Bertz CT molecular complexity index is 413. The van der Waals surface area contributed by atoms with E-state index in [2.05, 4.69) is 12.2 Å². The summed E-state index contributed by atoms with van der Waals surface area (Å²) in [5.41, 5.74) is 7.95. The van der Waals surface area contributed by atoms with E-state index >= 15 is 0 Å². The molecule has 4 heteroatoms.